The summed E-state index contributed by atoms with van der Waals surface area (Å²) in [6, 6.07) is 0.559. The Morgan fingerprint density at radius 2 is 2.10 bits per heavy atom. The predicted molar refractivity (Wildman–Crippen MR) is 44.7 cm³/mol. The number of allylic oxidation sites excluding steroid dienone is 2. The van der Waals surface area contributed by atoms with E-state index in [4.69, 9.17) is 0 Å². The molecule has 0 aromatic heterocycles. The molecule has 1 nitrogen and oxygen atoms in total. The van der Waals surface area contributed by atoms with E-state index >= 15 is 0 Å². The fourth-order valence-corrected chi connectivity index (χ4v) is 1.06. The largest absolute Gasteiger partial charge is 0.384 e. The highest BCUT2D eigenvalue weighted by Crippen LogP contribution is 2.13. The summed E-state index contributed by atoms with van der Waals surface area (Å²) in [7, 11) is 0. The van der Waals surface area contributed by atoms with E-state index in [-0.39, 0.29) is 0 Å². The zero-order valence-electron chi connectivity index (χ0n) is 6.94. The van der Waals surface area contributed by atoms with Crippen LogP contribution < -0.4 is 5.32 Å². The lowest BCUT2D eigenvalue weighted by Gasteiger charge is -2.18. The summed E-state index contributed by atoms with van der Waals surface area (Å²) in [5.74, 6) is 0. The van der Waals surface area contributed by atoms with Crippen LogP contribution in [0.4, 0.5) is 0 Å². The molecule has 0 radical (unpaired) electrons. The molecule has 1 aliphatic rings. The molecule has 0 aromatic carbocycles. The summed E-state index contributed by atoms with van der Waals surface area (Å²) in [6.45, 7) is 6.48. The van der Waals surface area contributed by atoms with E-state index in [1.54, 1.807) is 0 Å². The van der Waals surface area contributed by atoms with Crippen molar-refractivity contribution in [2.24, 2.45) is 0 Å². The van der Waals surface area contributed by atoms with Crippen LogP contribution in [0.2, 0.25) is 0 Å². The van der Waals surface area contributed by atoms with Gasteiger partial charge in [0.1, 0.15) is 0 Å². The molecule has 0 saturated carbocycles. The second-order valence-corrected chi connectivity index (χ2v) is 2.86. The second kappa shape index (κ2) is 2.91. The minimum atomic E-state index is 0.559. The fraction of sp³-hybridized carbons (Fsp3) is 0.556. The highest BCUT2D eigenvalue weighted by Gasteiger charge is 2.05. The van der Waals surface area contributed by atoms with Crippen molar-refractivity contribution in [3.05, 3.63) is 23.4 Å². The van der Waals surface area contributed by atoms with Crippen molar-refractivity contribution in [1.82, 2.24) is 5.32 Å². The third kappa shape index (κ3) is 1.41. The molecule has 0 amide bonds. The number of dihydropyridines is 1. The van der Waals surface area contributed by atoms with Crippen molar-refractivity contribution in [2.45, 2.75) is 33.2 Å². The van der Waals surface area contributed by atoms with Crippen molar-refractivity contribution >= 4 is 0 Å². The summed E-state index contributed by atoms with van der Waals surface area (Å²) < 4.78 is 0. The van der Waals surface area contributed by atoms with Crippen LogP contribution in [0.5, 0.6) is 0 Å². The molecular weight excluding hydrogens is 122 g/mol. The van der Waals surface area contributed by atoms with E-state index in [0.717, 1.165) is 0 Å². The van der Waals surface area contributed by atoms with Gasteiger partial charge in [-0.2, -0.15) is 0 Å². The van der Waals surface area contributed by atoms with Gasteiger partial charge in [-0.15, -0.1) is 0 Å². The van der Waals surface area contributed by atoms with Crippen LogP contribution in [0.15, 0.2) is 23.4 Å². The SMILES string of the molecule is CCC1C=C(C)C(C)=CN1. The van der Waals surface area contributed by atoms with Crippen LogP contribution in [-0.4, -0.2) is 6.04 Å². The average Bonchev–Trinajstić information content (AvgIpc) is 1.95. The van der Waals surface area contributed by atoms with Crippen molar-refractivity contribution in [3.63, 3.8) is 0 Å². The Bertz CT molecular complexity index is 177. The van der Waals surface area contributed by atoms with E-state index < -0.39 is 0 Å². The zero-order valence-corrected chi connectivity index (χ0v) is 6.94. The normalized spacial score (nSPS) is 24.9. The topological polar surface area (TPSA) is 12.0 Å². The Morgan fingerprint density at radius 3 is 2.60 bits per heavy atom. The summed E-state index contributed by atoms with van der Waals surface area (Å²) in [6.07, 6.45) is 5.56. The highest BCUT2D eigenvalue weighted by atomic mass is 14.9. The van der Waals surface area contributed by atoms with Gasteiger partial charge in [0.25, 0.3) is 0 Å². The van der Waals surface area contributed by atoms with Gasteiger partial charge in [0.15, 0.2) is 0 Å². The first kappa shape index (κ1) is 7.39. The van der Waals surface area contributed by atoms with E-state index in [1.165, 1.54) is 17.6 Å². The van der Waals surface area contributed by atoms with E-state index in [2.05, 4.69) is 38.4 Å². The summed E-state index contributed by atoms with van der Waals surface area (Å²) >= 11 is 0. The van der Waals surface area contributed by atoms with Gasteiger partial charge in [-0.3, -0.25) is 0 Å². The molecule has 56 valence electrons. The zero-order chi connectivity index (χ0) is 7.56. The first-order valence-electron chi connectivity index (χ1n) is 3.85. The lowest BCUT2D eigenvalue weighted by molar-refractivity contribution is 0.659. The van der Waals surface area contributed by atoms with Crippen LogP contribution in [0, 0.1) is 0 Å². The number of rotatable bonds is 1. The van der Waals surface area contributed by atoms with E-state index in [1.807, 2.05) is 0 Å². The number of hydrogen-bond donors (Lipinski definition) is 1. The summed E-state index contributed by atoms with van der Waals surface area (Å²) in [4.78, 5) is 0. The van der Waals surface area contributed by atoms with Gasteiger partial charge in [-0.1, -0.05) is 13.0 Å². The average molecular weight is 137 g/mol. The standard InChI is InChI=1S/C9H15N/c1-4-9-5-7(2)8(3)6-10-9/h5-6,9-10H,4H2,1-3H3. The molecule has 1 aliphatic heterocycles. The van der Waals surface area contributed by atoms with Crippen LogP contribution in [0.1, 0.15) is 27.2 Å². The molecule has 1 heterocycles. The van der Waals surface area contributed by atoms with Gasteiger partial charge in [-0.25, -0.2) is 0 Å². The minimum absolute atomic E-state index is 0.559. The smallest absolute Gasteiger partial charge is 0.0442 e. The first-order chi connectivity index (χ1) is 4.74. The van der Waals surface area contributed by atoms with Gasteiger partial charge in [0.05, 0.1) is 0 Å². The Balaban J connectivity index is 2.66. The lowest BCUT2D eigenvalue weighted by atomic mass is 10.0. The molecule has 0 saturated heterocycles. The maximum absolute atomic E-state index is 3.31. The molecular formula is C9H15N. The number of hydrogen-bond acceptors (Lipinski definition) is 1. The van der Waals surface area contributed by atoms with Gasteiger partial charge in [0, 0.05) is 12.2 Å². The van der Waals surface area contributed by atoms with Crippen LogP contribution in [0.25, 0.3) is 0 Å². The minimum Gasteiger partial charge on any atom is -0.384 e. The van der Waals surface area contributed by atoms with Gasteiger partial charge in [0.2, 0.25) is 0 Å². The second-order valence-electron chi connectivity index (χ2n) is 2.86. The van der Waals surface area contributed by atoms with Crippen LogP contribution >= 0.6 is 0 Å². The molecule has 0 bridgehead atoms. The Morgan fingerprint density at radius 1 is 1.40 bits per heavy atom. The molecule has 10 heavy (non-hydrogen) atoms. The fourth-order valence-electron chi connectivity index (χ4n) is 1.06. The van der Waals surface area contributed by atoms with E-state index in [0.29, 0.717) is 6.04 Å². The molecule has 1 unspecified atom stereocenters. The van der Waals surface area contributed by atoms with Gasteiger partial charge >= 0.3 is 0 Å². The van der Waals surface area contributed by atoms with Crippen molar-refractivity contribution < 1.29 is 0 Å². The molecule has 1 rings (SSSR count). The van der Waals surface area contributed by atoms with E-state index in [9.17, 15) is 0 Å². The molecule has 0 aromatic rings. The Hall–Kier alpha value is -0.720. The third-order valence-electron chi connectivity index (χ3n) is 2.03. The molecule has 1 N–H and O–H groups in total. The Kier molecular flexibility index (Phi) is 2.15. The maximum atomic E-state index is 3.31. The predicted octanol–water partition coefficient (Wildman–Crippen LogP) is 2.22. The Labute approximate surface area is 62.8 Å². The van der Waals surface area contributed by atoms with Crippen molar-refractivity contribution in [2.75, 3.05) is 0 Å². The lowest BCUT2D eigenvalue weighted by Crippen LogP contribution is -2.24. The maximum Gasteiger partial charge on any atom is 0.0442 e. The highest BCUT2D eigenvalue weighted by molar-refractivity contribution is 5.31. The van der Waals surface area contributed by atoms with Gasteiger partial charge < -0.3 is 5.32 Å². The van der Waals surface area contributed by atoms with Gasteiger partial charge in [-0.05, 0) is 31.4 Å². The molecule has 0 spiro atoms. The molecule has 1 heteroatoms. The van der Waals surface area contributed by atoms with Crippen molar-refractivity contribution in [3.8, 4) is 0 Å². The first-order valence-corrected chi connectivity index (χ1v) is 3.85. The summed E-state index contributed by atoms with van der Waals surface area (Å²) in [5.41, 5.74) is 2.76. The van der Waals surface area contributed by atoms with Crippen LogP contribution in [-0.2, 0) is 0 Å². The van der Waals surface area contributed by atoms with Crippen molar-refractivity contribution in [1.29, 1.82) is 0 Å². The monoisotopic (exact) mass is 137 g/mol. The summed E-state index contributed by atoms with van der Waals surface area (Å²) in [5, 5.41) is 3.31. The third-order valence-corrected chi connectivity index (χ3v) is 2.03. The molecule has 0 aliphatic carbocycles. The molecule has 0 fully saturated rings. The van der Waals surface area contributed by atoms with Crippen LogP contribution in [0.3, 0.4) is 0 Å². The quantitative estimate of drug-likeness (QED) is 0.584. The molecule has 1 atom stereocenters. The number of nitrogens with one attached hydrogen (secondary N) is 1.